The van der Waals surface area contributed by atoms with Crippen LogP contribution in [0, 0.1) is 11.3 Å². The van der Waals surface area contributed by atoms with Gasteiger partial charge in [0.25, 0.3) is 0 Å². The van der Waals surface area contributed by atoms with E-state index in [4.69, 9.17) is 5.73 Å². The first-order valence-corrected chi connectivity index (χ1v) is 6.34. The molecule has 6 heteroatoms. The van der Waals surface area contributed by atoms with Crippen LogP contribution in [0.5, 0.6) is 0 Å². The van der Waals surface area contributed by atoms with Crippen LogP contribution in [0.3, 0.4) is 0 Å². The second-order valence-corrected chi connectivity index (χ2v) is 5.33. The van der Waals surface area contributed by atoms with Gasteiger partial charge < -0.3 is 11.1 Å². The molecule has 0 unspecified atom stereocenters. The van der Waals surface area contributed by atoms with Crippen molar-refractivity contribution in [2.45, 2.75) is 45.2 Å². The molecule has 0 aromatic heterocycles. The number of alkyl halides is 3. The third-order valence-corrected chi connectivity index (χ3v) is 3.52. The lowest BCUT2D eigenvalue weighted by atomic mass is 9.62. The average molecular weight is 266 g/mol. The summed E-state index contributed by atoms with van der Waals surface area (Å²) in [7, 11) is 0. The summed E-state index contributed by atoms with van der Waals surface area (Å²) in [4.78, 5) is 11.9. The van der Waals surface area contributed by atoms with Gasteiger partial charge in [0.1, 0.15) is 0 Å². The molecule has 0 aromatic carbocycles. The van der Waals surface area contributed by atoms with Crippen molar-refractivity contribution in [1.29, 1.82) is 0 Å². The predicted octanol–water partition coefficient (Wildman–Crippen LogP) is 2.21. The van der Waals surface area contributed by atoms with Gasteiger partial charge in [-0.05, 0) is 31.6 Å². The van der Waals surface area contributed by atoms with E-state index in [2.05, 4.69) is 12.2 Å². The lowest BCUT2D eigenvalue weighted by molar-refractivity contribution is -0.138. The molecule has 0 aromatic rings. The van der Waals surface area contributed by atoms with Gasteiger partial charge in [-0.1, -0.05) is 6.92 Å². The van der Waals surface area contributed by atoms with Crippen LogP contribution in [0.4, 0.5) is 13.2 Å². The average Bonchev–Trinajstić information content (AvgIpc) is 2.22. The standard InChI is InChI=1S/C12H21F3N2O/c1-9-6-11(7-9,8-16)10(18)17-5-3-2-4-12(13,14)15/h9H,2-8,16H2,1H3,(H,17,18). The van der Waals surface area contributed by atoms with E-state index >= 15 is 0 Å². The van der Waals surface area contributed by atoms with E-state index in [1.54, 1.807) is 0 Å². The van der Waals surface area contributed by atoms with E-state index in [0.29, 0.717) is 25.4 Å². The van der Waals surface area contributed by atoms with Crippen molar-refractivity contribution in [2.24, 2.45) is 17.1 Å². The third-order valence-electron chi connectivity index (χ3n) is 3.52. The summed E-state index contributed by atoms with van der Waals surface area (Å²) in [5.41, 5.74) is 5.14. The molecule has 1 rings (SSSR count). The minimum absolute atomic E-state index is 0.0514. The Hall–Kier alpha value is -0.780. The lowest BCUT2D eigenvalue weighted by Gasteiger charge is -2.44. The summed E-state index contributed by atoms with van der Waals surface area (Å²) in [5, 5.41) is 2.70. The second kappa shape index (κ2) is 5.91. The Balaban J connectivity index is 2.18. The number of hydrogen-bond acceptors (Lipinski definition) is 2. The van der Waals surface area contributed by atoms with Crippen LogP contribution in [0.15, 0.2) is 0 Å². The van der Waals surface area contributed by atoms with Gasteiger partial charge in [-0.15, -0.1) is 0 Å². The zero-order chi connectivity index (χ0) is 13.8. The molecule has 3 nitrogen and oxygen atoms in total. The van der Waals surface area contributed by atoms with Crippen molar-refractivity contribution in [1.82, 2.24) is 5.32 Å². The molecule has 0 bridgehead atoms. The maximum atomic E-state index is 11.9. The molecule has 0 heterocycles. The first-order chi connectivity index (χ1) is 8.29. The highest BCUT2D eigenvalue weighted by atomic mass is 19.4. The van der Waals surface area contributed by atoms with Crippen molar-refractivity contribution in [3.05, 3.63) is 0 Å². The van der Waals surface area contributed by atoms with Gasteiger partial charge in [-0.2, -0.15) is 13.2 Å². The molecule has 0 radical (unpaired) electrons. The fourth-order valence-corrected chi connectivity index (χ4v) is 2.56. The zero-order valence-electron chi connectivity index (χ0n) is 10.6. The van der Waals surface area contributed by atoms with Crippen LogP contribution in [0.2, 0.25) is 0 Å². The highest BCUT2D eigenvalue weighted by molar-refractivity contribution is 5.83. The van der Waals surface area contributed by atoms with E-state index in [-0.39, 0.29) is 12.3 Å². The van der Waals surface area contributed by atoms with E-state index in [0.717, 1.165) is 12.8 Å². The summed E-state index contributed by atoms with van der Waals surface area (Å²) in [6.45, 7) is 2.67. The number of nitrogens with two attached hydrogens (primary N) is 1. The Labute approximate surface area is 105 Å². The molecule has 0 aliphatic heterocycles. The molecule has 1 aliphatic carbocycles. The summed E-state index contributed by atoms with van der Waals surface area (Å²) >= 11 is 0. The Kier molecular flexibility index (Phi) is 5.01. The number of unbranched alkanes of at least 4 members (excludes halogenated alkanes) is 1. The van der Waals surface area contributed by atoms with Crippen molar-refractivity contribution >= 4 is 5.91 Å². The fraction of sp³-hybridized carbons (Fsp3) is 0.917. The molecular formula is C12H21F3N2O. The molecule has 3 N–H and O–H groups in total. The summed E-state index contributed by atoms with van der Waals surface area (Å²) in [6, 6.07) is 0. The molecule has 0 saturated heterocycles. The first kappa shape index (κ1) is 15.3. The molecule has 0 spiro atoms. The molecular weight excluding hydrogens is 245 g/mol. The number of hydrogen-bond donors (Lipinski definition) is 2. The Morgan fingerprint density at radius 3 is 2.44 bits per heavy atom. The minimum atomic E-state index is -4.11. The largest absolute Gasteiger partial charge is 0.389 e. The van der Waals surface area contributed by atoms with Crippen LogP contribution in [-0.4, -0.2) is 25.2 Å². The van der Waals surface area contributed by atoms with Crippen molar-refractivity contribution in [3.8, 4) is 0 Å². The Bertz CT molecular complexity index is 286. The van der Waals surface area contributed by atoms with E-state index in [9.17, 15) is 18.0 Å². The van der Waals surface area contributed by atoms with Gasteiger partial charge in [0.2, 0.25) is 5.91 Å². The number of rotatable bonds is 6. The quantitative estimate of drug-likeness (QED) is 0.724. The number of amides is 1. The van der Waals surface area contributed by atoms with Gasteiger partial charge in [0.15, 0.2) is 0 Å². The van der Waals surface area contributed by atoms with Crippen LogP contribution in [0.25, 0.3) is 0 Å². The zero-order valence-corrected chi connectivity index (χ0v) is 10.6. The Morgan fingerprint density at radius 2 is 2.00 bits per heavy atom. The monoisotopic (exact) mass is 266 g/mol. The Morgan fingerprint density at radius 1 is 1.39 bits per heavy atom. The second-order valence-electron chi connectivity index (χ2n) is 5.33. The number of nitrogens with one attached hydrogen (secondary N) is 1. The lowest BCUT2D eigenvalue weighted by Crippen LogP contribution is -2.53. The molecule has 106 valence electrons. The van der Waals surface area contributed by atoms with E-state index in [1.807, 2.05) is 0 Å². The van der Waals surface area contributed by atoms with E-state index in [1.165, 1.54) is 0 Å². The highest BCUT2D eigenvalue weighted by Gasteiger charge is 2.46. The van der Waals surface area contributed by atoms with Crippen LogP contribution < -0.4 is 11.1 Å². The number of carbonyl (C=O) groups is 1. The molecule has 1 fully saturated rings. The highest BCUT2D eigenvalue weighted by Crippen LogP contribution is 2.44. The summed E-state index contributed by atoms with van der Waals surface area (Å²) in [6.07, 6.45) is -2.94. The topological polar surface area (TPSA) is 55.1 Å². The molecule has 0 atom stereocenters. The van der Waals surface area contributed by atoms with Crippen molar-refractivity contribution < 1.29 is 18.0 Å². The maximum absolute atomic E-state index is 11.9. The van der Waals surface area contributed by atoms with Crippen LogP contribution >= 0.6 is 0 Å². The molecule has 1 amide bonds. The van der Waals surface area contributed by atoms with E-state index < -0.39 is 18.0 Å². The molecule has 1 saturated carbocycles. The smallest absolute Gasteiger partial charge is 0.356 e. The van der Waals surface area contributed by atoms with Crippen LogP contribution in [-0.2, 0) is 4.79 Å². The van der Waals surface area contributed by atoms with Crippen molar-refractivity contribution in [2.75, 3.05) is 13.1 Å². The normalized spacial score (nSPS) is 27.7. The predicted molar refractivity (Wildman–Crippen MR) is 62.8 cm³/mol. The number of halogens is 3. The van der Waals surface area contributed by atoms with Gasteiger partial charge in [-0.25, -0.2) is 0 Å². The summed E-state index contributed by atoms with van der Waals surface area (Å²) < 4.78 is 35.7. The van der Waals surface area contributed by atoms with Gasteiger partial charge in [0, 0.05) is 19.5 Å². The van der Waals surface area contributed by atoms with Gasteiger partial charge in [-0.3, -0.25) is 4.79 Å². The minimum Gasteiger partial charge on any atom is -0.356 e. The third kappa shape index (κ3) is 4.15. The van der Waals surface area contributed by atoms with Crippen LogP contribution in [0.1, 0.15) is 39.0 Å². The fourth-order valence-electron chi connectivity index (χ4n) is 2.56. The molecule has 1 aliphatic rings. The van der Waals surface area contributed by atoms with Gasteiger partial charge in [0.05, 0.1) is 5.41 Å². The van der Waals surface area contributed by atoms with Crippen molar-refractivity contribution in [3.63, 3.8) is 0 Å². The number of carbonyl (C=O) groups excluding carboxylic acids is 1. The molecule has 18 heavy (non-hydrogen) atoms. The van der Waals surface area contributed by atoms with Gasteiger partial charge >= 0.3 is 6.18 Å². The summed E-state index contributed by atoms with van der Waals surface area (Å²) in [5.74, 6) is 0.402. The SMILES string of the molecule is CC1CC(CN)(C(=O)NCCCCC(F)(F)F)C1. The first-order valence-electron chi connectivity index (χ1n) is 6.34. The maximum Gasteiger partial charge on any atom is 0.389 e.